The van der Waals surface area contributed by atoms with Gasteiger partial charge >= 0.3 is 0 Å². The second-order valence-electron chi connectivity index (χ2n) is 8.71. The predicted octanol–water partition coefficient (Wildman–Crippen LogP) is 6.36. The lowest BCUT2D eigenvalue weighted by Gasteiger charge is -2.33. The summed E-state index contributed by atoms with van der Waals surface area (Å²) in [7, 11) is -2.81. The summed E-state index contributed by atoms with van der Waals surface area (Å²) in [5.74, 6) is -1.04. The van der Waals surface area contributed by atoms with Crippen LogP contribution < -0.4 is 9.62 Å². The molecule has 208 valence electrons. The summed E-state index contributed by atoms with van der Waals surface area (Å²) in [5.41, 5.74) is 1.50. The van der Waals surface area contributed by atoms with Crippen molar-refractivity contribution in [3.05, 3.63) is 91.9 Å². The maximum atomic E-state index is 13.9. The van der Waals surface area contributed by atoms with Gasteiger partial charge in [-0.05, 0) is 55.3 Å². The monoisotopic (exact) mass is 629 g/mol. The third-order valence-electron chi connectivity index (χ3n) is 6.06. The number of amides is 2. The number of sulfonamides is 1. The van der Waals surface area contributed by atoms with Crippen LogP contribution in [0.15, 0.2) is 65.6 Å². The summed E-state index contributed by atoms with van der Waals surface area (Å²) in [6.45, 7) is 2.91. The van der Waals surface area contributed by atoms with Gasteiger partial charge in [0.25, 0.3) is 10.0 Å². The van der Waals surface area contributed by atoms with Crippen molar-refractivity contribution in [1.82, 2.24) is 10.2 Å². The zero-order chi connectivity index (χ0) is 28.9. The Morgan fingerprint density at radius 2 is 1.59 bits per heavy atom. The standard InChI is InChI=1S/C27H27Cl4N3O4S/c1-4-23(27(36)32-3)33(15-18-10-13-20(28)22(30)14-18)25(35)16-34(24-7-5-6-21(29)26(24)31)39(37,38)19-11-8-17(2)9-12-19/h5-14,23H,4,15-16H2,1-3H3,(H,32,36). The molecule has 0 saturated heterocycles. The van der Waals surface area contributed by atoms with Gasteiger partial charge in [-0.1, -0.05) is 83.2 Å². The maximum absolute atomic E-state index is 13.9. The molecule has 0 fully saturated rings. The van der Waals surface area contributed by atoms with Crippen LogP contribution in [-0.4, -0.2) is 44.8 Å². The van der Waals surface area contributed by atoms with Crippen molar-refractivity contribution in [2.24, 2.45) is 0 Å². The highest BCUT2D eigenvalue weighted by molar-refractivity contribution is 7.92. The Bertz CT molecular complexity index is 1470. The quantitative estimate of drug-likeness (QED) is 0.283. The summed E-state index contributed by atoms with van der Waals surface area (Å²) in [5, 5.41) is 3.28. The van der Waals surface area contributed by atoms with E-state index in [9.17, 15) is 18.0 Å². The van der Waals surface area contributed by atoms with Crippen LogP contribution >= 0.6 is 46.4 Å². The van der Waals surface area contributed by atoms with Gasteiger partial charge in [0.2, 0.25) is 11.8 Å². The van der Waals surface area contributed by atoms with Crippen LogP contribution in [0.3, 0.4) is 0 Å². The molecule has 2 amide bonds. The molecule has 3 rings (SSSR count). The molecule has 3 aromatic carbocycles. The van der Waals surface area contributed by atoms with E-state index in [0.29, 0.717) is 10.6 Å². The molecule has 1 atom stereocenters. The number of hydrogen-bond acceptors (Lipinski definition) is 4. The highest BCUT2D eigenvalue weighted by Gasteiger charge is 2.34. The Morgan fingerprint density at radius 3 is 2.18 bits per heavy atom. The van der Waals surface area contributed by atoms with Crippen LogP contribution in [0.25, 0.3) is 0 Å². The first-order valence-electron chi connectivity index (χ1n) is 11.9. The Morgan fingerprint density at radius 1 is 0.923 bits per heavy atom. The fraction of sp³-hybridized carbons (Fsp3) is 0.259. The molecule has 0 radical (unpaired) electrons. The summed E-state index contributed by atoms with van der Waals surface area (Å²) < 4.78 is 28.7. The van der Waals surface area contributed by atoms with Gasteiger partial charge in [0, 0.05) is 13.6 Å². The van der Waals surface area contributed by atoms with Crippen molar-refractivity contribution < 1.29 is 18.0 Å². The van der Waals surface area contributed by atoms with E-state index >= 15 is 0 Å². The normalized spacial score (nSPS) is 12.1. The zero-order valence-corrected chi connectivity index (χ0v) is 25.3. The average molecular weight is 631 g/mol. The number of carbonyl (C=O) groups is 2. The van der Waals surface area contributed by atoms with Crippen molar-refractivity contribution in [2.45, 2.75) is 37.8 Å². The summed E-state index contributed by atoms with van der Waals surface area (Å²) in [4.78, 5) is 28.0. The lowest BCUT2D eigenvalue weighted by atomic mass is 10.1. The van der Waals surface area contributed by atoms with Crippen molar-refractivity contribution in [1.29, 1.82) is 0 Å². The van der Waals surface area contributed by atoms with E-state index in [0.717, 1.165) is 9.87 Å². The van der Waals surface area contributed by atoms with Gasteiger partial charge < -0.3 is 10.2 Å². The molecule has 0 aromatic heterocycles. The number of aryl methyl sites for hydroxylation is 1. The van der Waals surface area contributed by atoms with Crippen LogP contribution in [0.1, 0.15) is 24.5 Å². The maximum Gasteiger partial charge on any atom is 0.264 e. The summed E-state index contributed by atoms with van der Waals surface area (Å²) >= 11 is 24.9. The SMILES string of the molecule is CCC(C(=O)NC)N(Cc1ccc(Cl)c(Cl)c1)C(=O)CN(c1cccc(Cl)c1Cl)S(=O)(=O)c1ccc(C)cc1. The van der Waals surface area contributed by atoms with Gasteiger partial charge in [-0.25, -0.2) is 8.42 Å². The van der Waals surface area contributed by atoms with Crippen LogP contribution in [0.4, 0.5) is 5.69 Å². The largest absolute Gasteiger partial charge is 0.357 e. The molecule has 0 aliphatic rings. The molecular weight excluding hydrogens is 604 g/mol. The lowest BCUT2D eigenvalue weighted by molar-refractivity contribution is -0.140. The highest BCUT2D eigenvalue weighted by Crippen LogP contribution is 2.36. The summed E-state index contributed by atoms with van der Waals surface area (Å²) in [6, 6.07) is 14.7. The molecule has 0 aliphatic carbocycles. The Labute approximate surface area is 248 Å². The molecule has 1 N–H and O–H groups in total. The van der Waals surface area contributed by atoms with Crippen molar-refractivity contribution >= 4 is 73.9 Å². The molecular formula is C27H27Cl4N3O4S. The topological polar surface area (TPSA) is 86.8 Å². The lowest BCUT2D eigenvalue weighted by Crippen LogP contribution is -2.51. The van der Waals surface area contributed by atoms with Gasteiger partial charge in [-0.15, -0.1) is 0 Å². The van der Waals surface area contributed by atoms with E-state index in [2.05, 4.69) is 5.32 Å². The molecule has 0 aliphatic heterocycles. The van der Waals surface area contributed by atoms with Crippen molar-refractivity contribution in [2.75, 3.05) is 17.9 Å². The predicted molar refractivity (Wildman–Crippen MR) is 157 cm³/mol. The number of anilines is 1. The number of benzene rings is 3. The molecule has 7 nitrogen and oxygen atoms in total. The van der Waals surface area contributed by atoms with E-state index in [1.165, 1.54) is 36.2 Å². The number of halogens is 4. The van der Waals surface area contributed by atoms with E-state index in [-0.39, 0.29) is 38.6 Å². The Balaban J connectivity index is 2.11. The van der Waals surface area contributed by atoms with Gasteiger partial charge in [0.05, 0.1) is 30.7 Å². The molecule has 0 spiro atoms. The van der Waals surface area contributed by atoms with Gasteiger partial charge in [-0.3, -0.25) is 13.9 Å². The summed E-state index contributed by atoms with van der Waals surface area (Å²) in [6.07, 6.45) is 0.273. The zero-order valence-electron chi connectivity index (χ0n) is 21.4. The van der Waals surface area contributed by atoms with E-state index in [1.54, 1.807) is 43.3 Å². The molecule has 12 heteroatoms. The van der Waals surface area contributed by atoms with Gasteiger partial charge in [0.15, 0.2) is 0 Å². The van der Waals surface area contributed by atoms with Crippen molar-refractivity contribution in [3.63, 3.8) is 0 Å². The number of nitrogens with zero attached hydrogens (tertiary/aromatic N) is 2. The second kappa shape index (κ2) is 13.2. The minimum absolute atomic E-state index is 0.0245. The van der Waals surface area contributed by atoms with Crippen molar-refractivity contribution in [3.8, 4) is 0 Å². The molecule has 3 aromatic rings. The number of carbonyl (C=O) groups excluding carboxylic acids is 2. The third-order valence-corrected chi connectivity index (χ3v) is 9.38. The minimum atomic E-state index is -4.28. The first-order chi connectivity index (χ1) is 18.4. The van der Waals surface area contributed by atoms with Crippen LogP contribution in [0.2, 0.25) is 20.1 Å². The van der Waals surface area contributed by atoms with Crippen LogP contribution in [0, 0.1) is 6.92 Å². The number of nitrogens with one attached hydrogen (secondary N) is 1. The molecule has 0 saturated carbocycles. The Kier molecular flexibility index (Phi) is 10.5. The van der Waals surface area contributed by atoms with Gasteiger partial charge in [-0.2, -0.15) is 0 Å². The molecule has 39 heavy (non-hydrogen) atoms. The average Bonchev–Trinajstić information content (AvgIpc) is 2.90. The molecule has 1 unspecified atom stereocenters. The smallest absolute Gasteiger partial charge is 0.264 e. The Hall–Kier alpha value is -2.49. The first kappa shape index (κ1) is 31.0. The van der Waals surface area contributed by atoms with E-state index in [4.69, 9.17) is 46.4 Å². The fourth-order valence-corrected chi connectivity index (χ4v) is 6.15. The van der Waals surface area contributed by atoms with Gasteiger partial charge in [0.1, 0.15) is 12.6 Å². The van der Waals surface area contributed by atoms with E-state index in [1.807, 2.05) is 6.92 Å². The minimum Gasteiger partial charge on any atom is -0.357 e. The molecule has 0 heterocycles. The first-order valence-corrected chi connectivity index (χ1v) is 14.8. The van der Waals surface area contributed by atoms with Crippen LogP contribution in [0.5, 0.6) is 0 Å². The number of likely N-dealkylation sites (N-methyl/N-ethyl adjacent to an activating group) is 1. The molecule has 0 bridgehead atoms. The van der Waals surface area contributed by atoms with Crippen LogP contribution in [-0.2, 0) is 26.2 Å². The fourth-order valence-electron chi connectivity index (χ4n) is 3.96. The third kappa shape index (κ3) is 7.18. The number of hydrogen-bond donors (Lipinski definition) is 1. The number of rotatable bonds is 10. The second-order valence-corrected chi connectivity index (χ2v) is 12.2. The van der Waals surface area contributed by atoms with E-state index < -0.39 is 34.4 Å². The highest BCUT2D eigenvalue weighted by atomic mass is 35.5.